The van der Waals surface area contributed by atoms with Gasteiger partial charge in [-0.1, -0.05) is 19.3 Å². The average molecular weight is 390 g/mol. The Balaban J connectivity index is 1.55. The lowest BCUT2D eigenvalue weighted by Gasteiger charge is -2.48. The summed E-state index contributed by atoms with van der Waals surface area (Å²) in [6, 6.07) is 3.72. The van der Waals surface area contributed by atoms with Gasteiger partial charge in [0.25, 0.3) is 0 Å². The van der Waals surface area contributed by atoms with E-state index in [1.165, 1.54) is 19.3 Å². The molecule has 2 amide bonds. The van der Waals surface area contributed by atoms with Crippen molar-refractivity contribution in [3.63, 3.8) is 0 Å². The largest absolute Gasteiger partial charge is 0.379 e. The maximum absolute atomic E-state index is 12.5. The van der Waals surface area contributed by atoms with Gasteiger partial charge in [-0.2, -0.15) is 0 Å². The molecule has 2 N–H and O–H groups in total. The first-order valence-electron chi connectivity index (χ1n) is 10.8. The summed E-state index contributed by atoms with van der Waals surface area (Å²) in [6.45, 7) is 10.2. The van der Waals surface area contributed by atoms with Crippen LogP contribution in [-0.4, -0.2) is 67.4 Å². The van der Waals surface area contributed by atoms with Crippen LogP contribution in [0.2, 0.25) is 0 Å². The fourth-order valence-corrected chi connectivity index (χ4v) is 4.47. The highest BCUT2D eigenvalue weighted by atomic mass is 16.5. The molecule has 7 heteroatoms. The maximum atomic E-state index is 12.5. The number of amides is 2. The van der Waals surface area contributed by atoms with Crippen molar-refractivity contribution < 1.29 is 9.53 Å². The van der Waals surface area contributed by atoms with E-state index in [-0.39, 0.29) is 11.6 Å². The minimum Gasteiger partial charge on any atom is -0.379 e. The Labute approximate surface area is 168 Å². The number of hydrogen-bond acceptors (Lipinski definition) is 5. The van der Waals surface area contributed by atoms with Crippen molar-refractivity contribution >= 4 is 17.5 Å². The van der Waals surface area contributed by atoms with Crippen molar-refractivity contribution in [3.05, 3.63) is 18.3 Å². The molecule has 2 heterocycles. The number of carbonyl (C=O) groups excluding carboxylic acids is 1. The molecular weight excluding hydrogens is 354 g/mol. The van der Waals surface area contributed by atoms with E-state index < -0.39 is 0 Å². The monoisotopic (exact) mass is 389 g/mol. The Morgan fingerprint density at radius 3 is 2.50 bits per heavy atom. The predicted molar refractivity (Wildman–Crippen MR) is 113 cm³/mol. The number of rotatable bonds is 7. The average Bonchev–Trinajstić information content (AvgIpc) is 2.76. The Kier molecular flexibility index (Phi) is 7.50. The summed E-state index contributed by atoms with van der Waals surface area (Å²) in [5, 5.41) is 6.06. The molecule has 1 aromatic rings. The van der Waals surface area contributed by atoms with E-state index in [0.717, 1.165) is 63.7 Å². The number of carbonyl (C=O) groups is 1. The molecule has 156 valence electrons. The van der Waals surface area contributed by atoms with E-state index >= 15 is 0 Å². The number of pyridine rings is 1. The van der Waals surface area contributed by atoms with Gasteiger partial charge in [-0.05, 0) is 38.8 Å². The number of hydrogen-bond donors (Lipinski definition) is 2. The number of aromatic nitrogens is 1. The van der Waals surface area contributed by atoms with Crippen LogP contribution in [0.25, 0.3) is 0 Å². The van der Waals surface area contributed by atoms with Crippen LogP contribution in [0.3, 0.4) is 0 Å². The molecule has 0 spiro atoms. The van der Waals surface area contributed by atoms with Crippen LogP contribution in [0, 0.1) is 0 Å². The molecule has 0 radical (unpaired) electrons. The minimum atomic E-state index is -0.157. The van der Waals surface area contributed by atoms with Crippen molar-refractivity contribution in [3.8, 4) is 0 Å². The normalized spacial score (nSPS) is 19.8. The van der Waals surface area contributed by atoms with E-state index in [2.05, 4.69) is 39.3 Å². The highest BCUT2D eigenvalue weighted by Crippen LogP contribution is 2.33. The molecule has 1 aromatic heterocycles. The molecule has 1 saturated carbocycles. The third-order valence-electron chi connectivity index (χ3n) is 6.14. The van der Waals surface area contributed by atoms with E-state index in [0.29, 0.717) is 6.54 Å². The van der Waals surface area contributed by atoms with Crippen LogP contribution >= 0.6 is 0 Å². The molecular formula is C21H35N5O2. The van der Waals surface area contributed by atoms with Gasteiger partial charge in [0.05, 0.1) is 25.1 Å². The van der Waals surface area contributed by atoms with E-state index in [9.17, 15) is 4.79 Å². The minimum absolute atomic E-state index is 0.0736. The molecule has 1 aliphatic heterocycles. The van der Waals surface area contributed by atoms with Gasteiger partial charge < -0.3 is 20.3 Å². The highest BCUT2D eigenvalue weighted by molar-refractivity contribution is 5.89. The van der Waals surface area contributed by atoms with Crippen molar-refractivity contribution in [1.29, 1.82) is 0 Å². The summed E-state index contributed by atoms with van der Waals surface area (Å²) in [7, 11) is 0. The molecule has 1 saturated heterocycles. The van der Waals surface area contributed by atoms with Crippen molar-refractivity contribution in [2.45, 2.75) is 51.5 Å². The van der Waals surface area contributed by atoms with Gasteiger partial charge in [-0.3, -0.25) is 4.90 Å². The lowest BCUT2D eigenvalue weighted by Crippen LogP contribution is -2.60. The van der Waals surface area contributed by atoms with Crippen LogP contribution < -0.4 is 15.5 Å². The topological polar surface area (TPSA) is 69.7 Å². The Hall–Kier alpha value is -1.86. The standard InChI is InChI=1S/C21H35N5O2/c1-3-25(4-2)19-9-8-18(16-22-19)24-20(27)23-17-21(10-6-5-7-11-21)26-12-14-28-15-13-26/h8-9,16H,3-7,10-15,17H2,1-2H3,(H2,23,24,27). The van der Waals surface area contributed by atoms with Crippen LogP contribution in [-0.2, 0) is 4.74 Å². The first-order chi connectivity index (χ1) is 13.7. The molecule has 7 nitrogen and oxygen atoms in total. The zero-order valence-electron chi connectivity index (χ0n) is 17.4. The van der Waals surface area contributed by atoms with Gasteiger partial charge >= 0.3 is 6.03 Å². The lowest BCUT2D eigenvalue weighted by atomic mass is 9.80. The number of morpholine rings is 1. The molecule has 0 unspecified atom stereocenters. The van der Waals surface area contributed by atoms with Gasteiger partial charge in [0.2, 0.25) is 0 Å². The summed E-state index contributed by atoms with van der Waals surface area (Å²) < 4.78 is 5.53. The first-order valence-corrected chi connectivity index (χ1v) is 10.8. The second kappa shape index (κ2) is 10.1. The van der Waals surface area contributed by atoms with E-state index in [1.54, 1.807) is 6.20 Å². The molecule has 28 heavy (non-hydrogen) atoms. The Bertz CT molecular complexity index is 606. The summed E-state index contributed by atoms with van der Waals surface area (Å²) in [5.74, 6) is 0.935. The number of nitrogens with one attached hydrogen (secondary N) is 2. The summed E-state index contributed by atoms with van der Waals surface area (Å²) >= 11 is 0. The van der Waals surface area contributed by atoms with Crippen LogP contribution in [0.15, 0.2) is 18.3 Å². The van der Waals surface area contributed by atoms with Crippen molar-refractivity contribution in [2.24, 2.45) is 0 Å². The fraction of sp³-hybridized carbons (Fsp3) is 0.714. The van der Waals surface area contributed by atoms with E-state index in [4.69, 9.17) is 4.74 Å². The molecule has 0 atom stereocenters. The zero-order chi connectivity index (χ0) is 19.8. The van der Waals surface area contributed by atoms with Gasteiger partial charge in [0, 0.05) is 38.3 Å². The van der Waals surface area contributed by atoms with Crippen LogP contribution in [0.4, 0.5) is 16.3 Å². The van der Waals surface area contributed by atoms with E-state index in [1.807, 2.05) is 12.1 Å². The molecule has 0 bridgehead atoms. The second-order valence-electron chi connectivity index (χ2n) is 7.77. The third kappa shape index (κ3) is 5.14. The molecule has 0 aromatic carbocycles. The number of ether oxygens (including phenoxy) is 1. The SMILES string of the molecule is CCN(CC)c1ccc(NC(=O)NCC2(N3CCOCC3)CCCCC2)cn1. The van der Waals surface area contributed by atoms with Gasteiger partial charge in [0.15, 0.2) is 0 Å². The van der Waals surface area contributed by atoms with Gasteiger partial charge in [-0.15, -0.1) is 0 Å². The van der Waals surface area contributed by atoms with Gasteiger partial charge in [0.1, 0.15) is 5.82 Å². The van der Waals surface area contributed by atoms with Gasteiger partial charge in [-0.25, -0.2) is 9.78 Å². The third-order valence-corrected chi connectivity index (χ3v) is 6.14. The van der Waals surface area contributed by atoms with Crippen LogP contribution in [0.1, 0.15) is 46.0 Å². The molecule has 2 fully saturated rings. The van der Waals surface area contributed by atoms with Crippen LogP contribution in [0.5, 0.6) is 0 Å². The highest BCUT2D eigenvalue weighted by Gasteiger charge is 2.38. The summed E-state index contributed by atoms with van der Waals surface area (Å²) in [5.41, 5.74) is 0.794. The summed E-state index contributed by atoms with van der Waals surface area (Å²) in [6.07, 6.45) is 7.78. The maximum Gasteiger partial charge on any atom is 0.319 e. The second-order valence-corrected chi connectivity index (χ2v) is 7.77. The Morgan fingerprint density at radius 1 is 1.18 bits per heavy atom. The molecule has 3 rings (SSSR count). The molecule has 2 aliphatic rings. The fourth-order valence-electron chi connectivity index (χ4n) is 4.47. The lowest BCUT2D eigenvalue weighted by molar-refractivity contribution is -0.0356. The Morgan fingerprint density at radius 2 is 1.89 bits per heavy atom. The quantitative estimate of drug-likeness (QED) is 0.750. The number of anilines is 2. The predicted octanol–water partition coefficient (Wildman–Crippen LogP) is 3.08. The number of urea groups is 1. The van der Waals surface area contributed by atoms with Crippen molar-refractivity contribution in [2.75, 3.05) is 56.2 Å². The first kappa shape index (κ1) is 20.9. The number of nitrogens with zero attached hydrogens (tertiary/aromatic N) is 3. The zero-order valence-corrected chi connectivity index (χ0v) is 17.4. The van der Waals surface area contributed by atoms with Crippen molar-refractivity contribution in [1.82, 2.24) is 15.2 Å². The molecule has 1 aliphatic carbocycles. The summed E-state index contributed by atoms with van der Waals surface area (Å²) in [4.78, 5) is 21.7. The smallest absolute Gasteiger partial charge is 0.319 e.